The Kier molecular flexibility index (Phi) is 3.28. The largest absolute Gasteiger partial charge is 0.435 e. The van der Waals surface area contributed by atoms with Gasteiger partial charge in [0.05, 0.1) is 16.9 Å². The first-order chi connectivity index (χ1) is 11.4. The third-order valence-electron chi connectivity index (χ3n) is 3.79. The first-order valence-corrected chi connectivity index (χ1v) is 8.10. The van der Waals surface area contributed by atoms with Crippen LogP contribution in [0.4, 0.5) is 0 Å². The molecule has 0 unspecified atom stereocenters. The number of hydrogen-bond donors (Lipinski definition) is 1. The number of oxazole rings is 1. The smallest absolute Gasteiger partial charge is 0.248 e. The molecule has 1 N–H and O–H groups in total. The second-order valence-corrected chi connectivity index (χ2v) is 7.15. The van der Waals surface area contributed by atoms with Gasteiger partial charge in [-0.25, -0.2) is 4.98 Å². The summed E-state index contributed by atoms with van der Waals surface area (Å²) in [5.74, 6) is 0.489. The minimum atomic E-state index is -0.173. The zero-order chi connectivity index (χ0) is 16.9. The summed E-state index contributed by atoms with van der Waals surface area (Å²) in [5, 5.41) is 5.37. The molecule has 0 spiro atoms. The van der Waals surface area contributed by atoms with E-state index in [1.807, 2.05) is 35.1 Å². The Morgan fingerprint density at radius 3 is 2.71 bits per heavy atom. The maximum Gasteiger partial charge on any atom is 0.248 e. The minimum Gasteiger partial charge on any atom is -0.435 e. The monoisotopic (exact) mass is 340 g/mol. The van der Waals surface area contributed by atoms with Crippen LogP contribution < -0.4 is 0 Å². The van der Waals surface area contributed by atoms with E-state index in [2.05, 4.69) is 30.7 Å². The number of fused-ring (bicyclic) bond motifs is 1. The van der Waals surface area contributed by atoms with E-state index in [1.54, 1.807) is 12.1 Å². The van der Waals surface area contributed by atoms with E-state index in [0.717, 1.165) is 16.9 Å². The molecule has 0 aliphatic heterocycles. The third kappa shape index (κ3) is 2.51. The Bertz CT molecular complexity index is 1010. The average Bonchev–Trinajstić information content (AvgIpc) is 3.23. The van der Waals surface area contributed by atoms with Crippen molar-refractivity contribution in [1.29, 1.82) is 0 Å². The van der Waals surface area contributed by atoms with Crippen LogP contribution in [0, 0.1) is 0 Å². The molecule has 0 atom stereocenters. The summed E-state index contributed by atoms with van der Waals surface area (Å²) in [6.07, 6.45) is 1.90. The zero-order valence-electron chi connectivity index (χ0n) is 13.7. The first-order valence-electron chi connectivity index (χ1n) is 7.72. The van der Waals surface area contributed by atoms with Crippen molar-refractivity contribution in [1.82, 2.24) is 19.7 Å². The van der Waals surface area contributed by atoms with Gasteiger partial charge in [0.1, 0.15) is 11.2 Å². The van der Waals surface area contributed by atoms with Crippen LogP contribution in [0.3, 0.4) is 0 Å². The van der Waals surface area contributed by atoms with Crippen molar-refractivity contribution < 1.29 is 4.42 Å². The Labute approximate surface area is 144 Å². The molecule has 0 bridgehead atoms. The van der Waals surface area contributed by atoms with Crippen molar-refractivity contribution in [2.45, 2.75) is 26.3 Å². The lowest BCUT2D eigenvalue weighted by atomic mass is 10.1. The second kappa shape index (κ2) is 5.24. The SMILES string of the molecule is CC(C)(C)n1nc(-c2nc3cc(Cl)ccc3o2)cc1-c1ccc[nH]1. The molecule has 0 saturated heterocycles. The van der Waals surface area contributed by atoms with Gasteiger partial charge in [-0.15, -0.1) is 0 Å². The van der Waals surface area contributed by atoms with Crippen LogP contribution in [0.2, 0.25) is 5.02 Å². The summed E-state index contributed by atoms with van der Waals surface area (Å²) in [5.41, 5.74) is 3.94. The molecular weight excluding hydrogens is 324 g/mol. The fourth-order valence-electron chi connectivity index (χ4n) is 2.69. The fraction of sp³-hybridized carbons (Fsp3) is 0.222. The summed E-state index contributed by atoms with van der Waals surface area (Å²) in [6, 6.07) is 11.4. The molecule has 0 aliphatic carbocycles. The summed E-state index contributed by atoms with van der Waals surface area (Å²) >= 11 is 6.03. The molecule has 24 heavy (non-hydrogen) atoms. The molecule has 0 saturated carbocycles. The van der Waals surface area contributed by atoms with Gasteiger partial charge in [-0.2, -0.15) is 5.10 Å². The van der Waals surface area contributed by atoms with E-state index in [-0.39, 0.29) is 5.54 Å². The number of halogens is 1. The summed E-state index contributed by atoms with van der Waals surface area (Å²) < 4.78 is 7.83. The summed E-state index contributed by atoms with van der Waals surface area (Å²) in [6.45, 7) is 6.34. The molecule has 1 aromatic carbocycles. The maximum absolute atomic E-state index is 6.03. The highest BCUT2D eigenvalue weighted by atomic mass is 35.5. The van der Waals surface area contributed by atoms with Crippen LogP contribution in [0.25, 0.3) is 34.1 Å². The molecule has 4 aromatic rings. The highest BCUT2D eigenvalue weighted by molar-refractivity contribution is 6.31. The van der Waals surface area contributed by atoms with Crippen molar-refractivity contribution in [2.75, 3.05) is 0 Å². The number of aromatic nitrogens is 4. The van der Waals surface area contributed by atoms with Crippen LogP contribution >= 0.6 is 11.6 Å². The molecule has 5 nitrogen and oxygen atoms in total. The molecule has 3 aromatic heterocycles. The Morgan fingerprint density at radius 1 is 1.17 bits per heavy atom. The number of nitrogens with one attached hydrogen (secondary N) is 1. The van der Waals surface area contributed by atoms with Crippen LogP contribution in [0.5, 0.6) is 0 Å². The predicted octanol–water partition coefficient (Wildman–Crippen LogP) is 5.09. The lowest BCUT2D eigenvalue weighted by Gasteiger charge is -2.21. The van der Waals surface area contributed by atoms with E-state index in [1.165, 1.54) is 0 Å². The predicted molar refractivity (Wildman–Crippen MR) is 95.0 cm³/mol. The van der Waals surface area contributed by atoms with Crippen LogP contribution in [0.1, 0.15) is 20.8 Å². The van der Waals surface area contributed by atoms with Gasteiger partial charge >= 0.3 is 0 Å². The molecule has 0 aliphatic rings. The van der Waals surface area contributed by atoms with Crippen molar-refractivity contribution in [3.63, 3.8) is 0 Å². The summed E-state index contributed by atoms with van der Waals surface area (Å²) in [4.78, 5) is 7.76. The molecule has 122 valence electrons. The second-order valence-electron chi connectivity index (χ2n) is 6.71. The normalized spacial score (nSPS) is 12.2. The van der Waals surface area contributed by atoms with E-state index in [4.69, 9.17) is 21.1 Å². The van der Waals surface area contributed by atoms with E-state index in [0.29, 0.717) is 22.2 Å². The number of nitrogens with zero attached hydrogens (tertiary/aromatic N) is 3. The van der Waals surface area contributed by atoms with Crippen LogP contribution in [-0.4, -0.2) is 19.7 Å². The van der Waals surface area contributed by atoms with Crippen LogP contribution in [-0.2, 0) is 5.54 Å². The lowest BCUT2D eigenvalue weighted by molar-refractivity contribution is 0.360. The minimum absolute atomic E-state index is 0.173. The fourth-order valence-corrected chi connectivity index (χ4v) is 2.85. The number of benzene rings is 1. The maximum atomic E-state index is 6.03. The topological polar surface area (TPSA) is 59.6 Å². The van der Waals surface area contributed by atoms with Gasteiger partial charge in [0, 0.05) is 11.2 Å². The van der Waals surface area contributed by atoms with Gasteiger partial charge in [-0.1, -0.05) is 11.6 Å². The number of aromatic amines is 1. The van der Waals surface area contributed by atoms with Crippen molar-refractivity contribution in [2.24, 2.45) is 0 Å². The third-order valence-corrected chi connectivity index (χ3v) is 4.02. The van der Waals surface area contributed by atoms with E-state index < -0.39 is 0 Å². The van der Waals surface area contributed by atoms with Gasteiger partial charge in [-0.05, 0) is 57.2 Å². The van der Waals surface area contributed by atoms with Gasteiger partial charge in [0.15, 0.2) is 5.58 Å². The highest BCUT2D eigenvalue weighted by Gasteiger charge is 2.23. The highest BCUT2D eigenvalue weighted by Crippen LogP contribution is 2.31. The van der Waals surface area contributed by atoms with Gasteiger partial charge in [0.25, 0.3) is 0 Å². The Balaban J connectivity index is 1.88. The standard InChI is InChI=1S/C18H17ClN4O/c1-18(2,3)23-15(12-5-4-8-20-12)10-14(22-23)17-21-13-9-11(19)6-7-16(13)24-17/h4-10,20H,1-3H3. The Morgan fingerprint density at radius 2 is 2.00 bits per heavy atom. The molecule has 0 fully saturated rings. The van der Waals surface area contributed by atoms with Crippen molar-refractivity contribution in [3.05, 3.63) is 47.6 Å². The molecule has 6 heteroatoms. The average molecular weight is 341 g/mol. The molecule has 3 heterocycles. The van der Waals surface area contributed by atoms with Gasteiger partial charge in [0.2, 0.25) is 5.89 Å². The van der Waals surface area contributed by atoms with E-state index in [9.17, 15) is 0 Å². The molecule has 0 amide bonds. The zero-order valence-corrected chi connectivity index (χ0v) is 14.4. The van der Waals surface area contributed by atoms with E-state index >= 15 is 0 Å². The first kappa shape index (κ1) is 15.0. The molecular formula is C18H17ClN4O. The quantitative estimate of drug-likeness (QED) is 0.552. The van der Waals surface area contributed by atoms with Gasteiger partial charge in [-0.3, -0.25) is 4.68 Å². The Hall–Kier alpha value is -2.53. The van der Waals surface area contributed by atoms with Crippen LogP contribution in [0.15, 0.2) is 47.0 Å². The van der Waals surface area contributed by atoms with Crippen molar-refractivity contribution >= 4 is 22.7 Å². The number of hydrogen-bond acceptors (Lipinski definition) is 3. The molecule has 0 radical (unpaired) electrons. The van der Waals surface area contributed by atoms with Crippen molar-refractivity contribution in [3.8, 4) is 23.0 Å². The number of rotatable bonds is 2. The number of H-pyrrole nitrogens is 1. The lowest BCUT2D eigenvalue weighted by Crippen LogP contribution is -2.24. The molecule has 4 rings (SSSR count). The van der Waals surface area contributed by atoms with Gasteiger partial charge < -0.3 is 9.40 Å². The summed E-state index contributed by atoms with van der Waals surface area (Å²) in [7, 11) is 0.